The molecule has 0 atom stereocenters. The highest BCUT2D eigenvalue weighted by Gasteiger charge is 2.44. The third kappa shape index (κ3) is 5.96. The van der Waals surface area contributed by atoms with E-state index >= 15 is 0 Å². The molecule has 0 fully saturated rings. The highest BCUT2D eigenvalue weighted by atomic mass is 35.5. The third-order valence-corrected chi connectivity index (χ3v) is 4.96. The Kier molecular flexibility index (Phi) is 7.17. The largest absolute Gasteiger partial charge is 0.455 e. The number of non-ortho nitro benzene ring substituents is 1. The second kappa shape index (κ2) is 9.76. The van der Waals surface area contributed by atoms with Crippen molar-refractivity contribution in [3.05, 3.63) is 78.1 Å². The van der Waals surface area contributed by atoms with Crippen molar-refractivity contribution in [2.75, 3.05) is 5.32 Å². The highest BCUT2D eigenvalue weighted by molar-refractivity contribution is 6.35. The Balaban J connectivity index is 1.88. The molecular formula is C19H12Cl2F3N5O6. The molecule has 2 aromatic carbocycles. The molecule has 1 amide bonds. The Labute approximate surface area is 203 Å². The lowest BCUT2D eigenvalue weighted by molar-refractivity contribution is -0.388. The lowest BCUT2D eigenvalue weighted by Gasteiger charge is -2.11. The third-order valence-electron chi connectivity index (χ3n) is 4.43. The first-order valence-electron chi connectivity index (χ1n) is 9.27. The number of nitro groups is 2. The summed E-state index contributed by atoms with van der Waals surface area (Å²) in [6.45, 7) is 0.160. The zero-order chi connectivity index (χ0) is 26.1. The van der Waals surface area contributed by atoms with E-state index in [1.165, 1.54) is 24.3 Å². The summed E-state index contributed by atoms with van der Waals surface area (Å²) < 4.78 is 45.4. The van der Waals surface area contributed by atoms with Gasteiger partial charge in [0.1, 0.15) is 23.7 Å². The molecule has 1 N–H and O–H groups in total. The Bertz CT molecular complexity index is 1350. The van der Waals surface area contributed by atoms with Crippen LogP contribution in [0.4, 0.5) is 30.2 Å². The summed E-state index contributed by atoms with van der Waals surface area (Å²) in [4.78, 5) is 32.8. The topological polar surface area (TPSA) is 142 Å². The molecule has 0 unspecified atom stereocenters. The van der Waals surface area contributed by atoms with Crippen LogP contribution in [0.1, 0.15) is 11.4 Å². The van der Waals surface area contributed by atoms with Crippen LogP contribution in [0.2, 0.25) is 10.0 Å². The normalized spacial score (nSPS) is 11.3. The first kappa shape index (κ1) is 25.7. The second-order valence-electron chi connectivity index (χ2n) is 6.89. The van der Waals surface area contributed by atoms with Gasteiger partial charge < -0.3 is 10.1 Å². The van der Waals surface area contributed by atoms with Crippen LogP contribution in [0.5, 0.6) is 11.5 Å². The van der Waals surface area contributed by atoms with Gasteiger partial charge in [-0.3, -0.25) is 29.7 Å². The molecule has 0 aliphatic rings. The molecule has 0 aliphatic heterocycles. The van der Waals surface area contributed by atoms with E-state index < -0.39 is 51.2 Å². The summed E-state index contributed by atoms with van der Waals surface area (Å²) in [5, 5.41) is 28.2. The fourth-order valence-electron chi connectivity index (χ4n) is 2.94. The summed E-state index contributed by atoms with van der Waals surface area (Å²) in [5.41, 5.74) is -4.15. The molecule has 0 radical (unpaired) electrons. The van der Waals surface area contributed by atoms with E-state index in [2.05, 4.69) is 10.4 Å². The lowest BCUT2D eigenvalue weighted by atomic mass is 10.2. The first-order chi connectivity index (χ1) is 16.3. The fraction of sp³-hybridized carbons (Fsp3) is 0.158. The van der Waals surface area contributed by atoms with Crippen molar-refractivity contribution in [3.8, 4) is 11.5 Å². The average Bonchev–Trinajstić information content (AvgIpc) is 3.06. The summed E-state index contributed by atoms with van der Waals surface area (Å²) in [5.74, 6) is -0.952. The smallest absolute Gasteiger partial charge is 0.442 e. The van der Waals surface area contributed by atoms with Crippen molar-refractivity contribution in [1.82, 2.24) is 9.78 Å². The van der Waals surface area contributed by atoms with Gasteiger partial charge in [-0.05, 0) is 25.1 Å². The lowest BCUT2D eigenvalue weighted by Crippen LogP contribution is -2.21. The van der Waals surface area contributed by atoms with E-state index in [9.17, 15) is 38.2 Å². The molecule has 3 rings (SSSR count). The van der Waals surface area contributed by atoms with Crippen molar-refractivity contribution < 1.29 is 32.5 Å². The van der Waals surface area contributed by atoms with Crippen LogP contribution in [0.15, 0.2) is 36.4 Å². The molecule has 16 heteroatoms. The zero-order valence-electron chi connectivity index (χ0n) is 17.3. The highest BCUT2D eigenvalue weighted by Crippen LogP contribution is 2.37. The van der Waals surface area contributed by atoms with Gasteiger partial charge in [0, 0.05) is 17.2 Å². The average molecular weight is 534 g/mol. The summed E-state index contributed by atoms with van der Waals surface area (Å²) >= 11 is 11.8. The maximum absolute atomic E-state index is 13.1. The number of alkyl halides is 3. The molecule has 0 bridgehead atoms. The molecule has 1 heterocycles. The number of nitrogens with zero attached hydrogens (tertiary/aromatic N) is 4. The van der Waals surface area contributed by atoms with Crippen molar-refractivity contribution in [3.63, 3.8) is 0 Å². The Morgan fingerprint density at radius 1 is 1.14 bits per heavy atom. The van der Waals surface area contributed by atoms with Gasteiger partial charge in [0.05, 0.1) is 26.6 Å². The molecular weight excluding hydrogens is 522 g/mol. The number of halogens is 5. The van der Waals surface area contributed by atoms with E-state index in [0.717, 1.165) is 19.1 Å². The second-order valence-corrected chi connectivity index (χ2v) is 7.74. The number of benzene rings is 2. The van der Waals surface area contributed by atoms with E-state index in [1.807, 2.05) is 0 Å². The van der Waals surface area contributed by atoms with E-state index in [0.29, 0.717) is 9.70 Å². The predicted octanol–water partition coefficient (Wildman–Crippen LogP) is 5.76. The van der Waals surface area contributed by atoms with E-state index in [4.69, 9.17) is 27.9 Å². The minimum atomic E-state index is -5.12. The molecule has 35 heavy (non-hydrogen) atoms. The van der Waals surface area contributed by atoms with Gasteiger partial charge in [0.2, 0.25) is 11.6 Å². The van der Waals surface area contributed by atoms with Crippen LogP contribution in [0, 0.1) is 27.2 Å². The predicted molar refractivity (Wildman–Crippen MR) is 117 cm³/mol. The first-order valence-corrected chi connectivity index (χ1v) is 10.0. The van der Waals surface area contributed by atoms with Crippen LogP contribution in [0.25, 0.3) is 0 Å². The van der Waals surface area contributed by atoms with Gasteiger partial charge in [-0.15, -0.1) is 0 Å². The number of hydrogen-bond acceptors (Lipinski definition) is 7. The van der Waals surface area contributed by atoms with Crippen LogP contribution in [-0.4, -0.2) is 25.5 Å². The molecule has 0 spiro atoms. The van der Waals surface area contributed by atoms with Crippen molar-refractivity contribution in [2.45, 2.75) is 19.6 Å². The van der Waals surface area contributed by atoms with Crippen molar-refractivity contribution in [1.29, 1.82) is 0 Å². The number of carbonyl (C=O) groups is 1. The van der Waals surface area contributed by atoms with E-state index in [-0.39, 0.29) is 22.2 Å². The van der Waals surface area contributed by atoms with Crippen LogP contribution < -0.4 is 10.1 Å². The summed E-state index contributed by atoms with van der Waals surface area (Å²) in [6.07, 6.45) is -5.12. The van der Waals surface area contributed by atoms with Crippen molar-refractivity contribution >= 4 is 46.2 Å². The summed E-state index contributed by atoms with van der Waals surface area (Å²) in [6, 6.07) is 7.48. The molecule has 1 aromatic heterocycles. The SMILES string of the molecule is Cc1c([N+](=O)[O-])c(C(F)(F)F)nn1CC(=O)Nc1cc(Oc2ccc(Cl)cc2Cl)cc([N+](=O)[O-])c1. The van der Waals surface area contributed by atoms with Crippen LogP contribution in [0.3, 0.4) is 0 Å². The number of aromatic nitrogens is 2. The number of hydrogen-bond donors (Lipinski definition) is 1. The number of rotatable bonds is 7. The number of nitrogens with one attached hydrogen (secondary N) is 1. The van der Waals surface area contributed by atoms with Gasteiger partial charge in [-0.1, -0.05) is 23.2 Å². The number of carbonyl (C=O) groups excluding carboxylic acids is 1. The van der Waals surface area contributed by atoms with Gasteiger partial charge in [-0.25, -0.2) is 0 Å². The van der Waals surface area contributed by atoms with Gasteiger partial charge >= 0.3 is 11.9 Å². The Morgan fingerprint density at radius 3 is 2.37 bits per heavy atom. The Hall–Kier alpha value is -3.91. The molecule has 184 valence electrons. The molecule has 3 aromatic rings. The van der Waals surface area contributed by atoms with E-state index in [1.54, 1.807) is 0 Å². The molecule has 0 saturated carbocycles. The molecule has 11 nitrogen and oxygen atoms in total. The van der Waals surface area contributed by atoms with Crippen LogP contribution >= 0.6 is 23.2 Å². The number of anilines is 1. The Morgan fingerprint density at radius 2 is 1.83 bits per heavy atom. The minimum absolute atomic E-state index is 0.0935. The van der Waals surface area contributed by atoms with Gasteiger partial charge in [-0.2, -0.15) is 18.3 Å². The van der Waals surface area contributed by atoms with Crippen LogP contribution in [-0.2, 0) is 17.5 Å². The molecule has 0 saturated heterocycles. The maximum atomic E-state index is 13.1. The minimum Gasteiger partial charge on any atom is -0.455 e. The zero-order valence-corrected chi connectivity index (χ0v) is 18.8. The monoisotopic (exact) mass is 533 g/mol. The fourth-order valence-corrected chi connectivity index (χ4v) is 3.39. The quantitative estimate of drug-likeness (QED) is 0.300. The number of ether oxygens (including phenoxy) is 1. The number of amides is 1. The van der Waals surface area contributed by atoms with Gasteiger partial charge in [0.15, 0.2) is 0 Å². The van der Waals surface area contributed by atoms with Crippen molar-refractivity contribution in [2.24, 2.45) is 0 Å². The van der Waals surface area contributed by atoms with Gasteiger partial charge in [0.25, 0.3) is 5.69 Å². The standard InChI is InChI=1S/C19H12Cl2F3N5O6/c1-9-17(29(33)34)18(19(22,23)24)26-27(9)8-16(30)25-11-5-12(28(31)32)7-13(6-11)35-15-3-2-10(20)4-14(15)21/h2-7H,8H2,1H3,(H,25,30). The summed E-state index contributed by atoms with van der Waals surface area (Å²) in [7, 11) is 0. The maximum Gasteiger partial charge on any atom is 0.442 e. The number of nitro benzene ring substituents is 1. The molecule has 0 aliphatic carbocycles.